The van der Waals surface area contributed by atoms with E-state index in [1.807, 2.05) is 4.90 Å². The number of amidine groups is 1. The number of rotatable bonds is 7. The van der Waals surface area contributed by atoms with Crippen LogP contribution in [0.1, 0.15) is 0 Å². The van der Waals surface area contributed by atoms with Crippen molar-refractivity contribution in [3.8, 4) is 5.75 Å². The Morgan fingerprint density at radius 1 is 1.21 bits per heavy atom. The third-order valence-electron chi connectivity index (χ3n) is 4.81. The molecule has 9 nitrogen and oxygen atoms in total. The fraction of sp³-hybridized carbons (Fsp3) is 0.250. The van der Waals surface area contributed by atoms with E-state index in [0.29, 0.717) is 38.3 Å². The summed E-state index contributed by atoms with van der Waals surface area (Å²) in [6, 6.07) is 10.2. The molecule has 0 spiro atoms. The van der Waals surface area contributed by atoms with Crippen LogP contribution in [0.4, 0.5) is 10.1 Å². The zero-order chi connectivity index (χ0) is 24.0. The maximum Gasteiger partial charge on any atom is 0.263 e. The van der Waals surface area contributed by atoms with Crippen LogP contribution in [0, 0.1) is 11.2 Å². The van der Waals surface area contributed by atoms with Crippen LogP contribution in [-0.2, 0) is 14.8 Å². The van der Waals surface area contributed by atoms with E-state index < -0.39 is 15.8 Å². The number of anilines is 1. The largest absolute Gasteiger partial charge is 0.484 e. The van der Waals surface area contributed by atoms with Crippen molar-refractivity contribution < 1.29 is 22.3 Å². The average molecular weight is 514 g/mol. The summed E-state index contributed by atoms with van der Waals surface area (Å²) in [5, 5.41) is 6.57. The maximum absolute atomic E-state index is 13.2. The predicted octanol–water partition coefficient (Wildman–Crippen LogP) is 2.38. The fourth-order valence-corrected chi connectivity index (χ4v) is 4.61. The highest BCUT2D eigenvalue weighted by Gasteiger charge is 2.22. The lowest BCUT2D eigenvalue weighted by molar-refractivity contribution is -0.133. The van der Waals surface area contributed by atoms with Crippen LogP contribution >= 0.6 is 24.2 Å². The summed E-state index contributed by atoms with van der Waals surface area (Å²) >= 11 is 9.58. The molecule has 0 aromatic heterocycles. The van der Waals surface area contributed by atoms with Gasteiger partial charge in [0.15, 0.2) is 11.8 Å². The molecule has 2 N–H and O–H groups in total. The normalized spacial score (nSPS) is 14.7. The van der Waals surface area contributed by atoms with Gasteiger partial charge in [-0.25, -0.2) is 17.8 Å². The molecule has 13 heteroatoms. The summed E-state index contributed by atoms with van der Waals surface area (Å²) in [6.45, 7) is 1.88. The number of piperazine rings is 1. The number of hydrogen-bond donors (Lipinski definition) is 3. The van der Waals surface area contributed by atoms with Crippen molar-refractivity contribution in [1.29, 1.82) is 5.41 Å². The summed E-state index contributed by atoms with van der Waals surface area (Å²) in [6.07, 6.45) is 0.683. The van der Waals surface area contributed by atoms with Gasteiger partial charge in [0.25, 0.3) is 15.9 Å². The van der Waals surface area contributed by atoms with Crippen LogP contribution in [0.25, 0.3) is 0 Å². The molecule has 1 aliphatic rings. The molecule has 1 saturated heterocycles. The topological polar surface area (TPSA) is 115 Å². The first kappa shape index (κ1) is 24.8. The number of carbonyl (C=O) groups excluding carboxylic acids is 1. The molecule has 0 aliphatic carbocycles. The van der Waals surface area contributed by atoms with Gasteiger partial charge in [-0.15, -0.1) is 12.6 Å². The van der Waals surface area contributed by atoms with E-state index in [-0.39, 0.29) is 27.6 Å². The van der Waals surface area contributed by atoms with Gasteiger partial charge in [-0.2, -0.15) is 0 Å². The number of nitrogens with zero attached hydrogens (tertiary/aromatic N) is 3. The minimum Gasteiger partial charge on any atom is -0.484 e. The lowest BCUT2D eigenvalue weighted by Crippen LogP contribution is -2.50. The Morgan fingerprint density at radius 2 is 1.88 bits per heavy atom. The van der Waals surface area contributed by atoms with E-state index in [0.717, 1.165) is 5.69 Å². The van der Waals surface area contributed by atoms with Gasteiger partial charge in [0.1, 0.15) is 17.9 Å². The Bertz CT molecular complexity index is 1150. The van der Waals surface area contributed by atoms with Crippen LogP contribution in [-0.4, -0.2) is 63.5 Å². The maximum atomic E-state index is 13.2. The lowest BCUT2D eigenvalue weighted by atomic mass is 10.2. The first-order chi connectivity index (χ1) is 15.7. The summed E-state index contributed by atoms with van der Waals surface area (Å²) in [5.74, 6) is -0.444. The van der Waals surface area contributed by atoms with Gasteiger partial charge in [-0.05, 0) is 36.4 Å². The van der Waals surface area contributed by atoms with E-state index in [4.69, 9.17) is 21.7 Å². The van der Waals surface area contributed by atoms with E-state index in [1.54, 1.807) is 17.0 Å². The zero-order valence-corrected chi connectivity index (χ0v) is 19.7. The fourth-order valence-electron chi connectivity index (χ4n) is 3.12. The summed E-state index contributed by atoms with van der Waals surface area (Å²) in [7, 11) is -3.86. The molecule has 33 heavy (non-hydrogen) atoms. The van der Waals surface area contributed by atoms with Gasteiger partial charge in [-0.1, -0.05) is 11.6 Å². The molecule has 0 unspecified atom stereocenters. The van der Waals surface area contributed by atoms with Gasteiger partial charge in [0.2, 0.25) is 0 Å². The summed E-state index contributed by atoms with van der Waals surface area (Å²) < 4.78 is 45.4. The number of halogens is 2. The number of thiol groups is 1. The minimum atomic E-state index is -3.86. The molecule has 2 aromatic rings. The Hall–Kier alpha value is -2.83. The summed E-state index contributed by atoms with van der Waals surface area (Å²) in [4.78, 5) is 19.6. The molecule has 1 amide bonds. The van der Waals surface area contributed by atoms with E-state index >= 15 is 0 Å². The molecule has 0 bridgehead atoms. The number of hydrogen-bond acceptors (Lipinski definition) is 6. The van der Waals surface area contributed by atoms with Crippen LogP contribution in [0.3, 0.4) is 0 Å². The molecule has 0 radical (unpaired) electrons. The van der Waals surface area contributed by atoms with Crippen molar-refractivity contribution in [2.24, 2.45) is 4.99 Å². The Kier molecular flexibility index (Phi) is 8.16. The van der Waals surface area contributed by atoms with Crippen molar-refractivity contribution in [2.45, 2.75) is 4.90 Å². The molecule has 176 valence electrons. The second-order valence-corrected chi connectivity index (χ2v) is 9.43. The molecular formula is C20H21ClFN5O4S2. The molecule has 1 fully saturated rings. The van der Waals surface area contributed by atoms with Crippen LogP contribution in [0.15, 0.2) is 52.4 Å². The second-order valence-electron chi connectivity index (χ2n) is 6.91. The molecule has 1 aliphatic heterocycles. The number of nitrogens with one attached hydrogen (secondary N) is 2. The van der Waals surface area contributed by atoms with Crippen molar-refractivity contribution in [3.05, 3.63) is 53.3 Å². The van der Waals surface area contributed by atoms with E-state index in [1.165, 1.54) is 30.3 Å². The molecular weight excluding hydrogens is 493 g/mol. The second kappa shape index (κ2) is 10.9. The van der Waals surface area contributed by atoms with Crippen molar-refractivity contribution in [3.63, 3.8) is 0 Å². The van der Waals surface area contributed by atoms with Crippen molar-refractivity contribution >= 4 is 57.4 Å². The highest BCUT2D eigenvalue weighted by Crippen LogP contribution is 2.22. The Balaban J connectivity index is 1.52. The third kappa shape index (κ3) is 6.59. The number of ether oxygens (including phenoxy) is 1. The van der Waals surface area contributed by atoms with Crippen LogP contribution in [0.2, 0.25) is 5.02 Å². The van der Waals surface area contributed by atoms with E-state index in [9.17, 15) is 17.6 Å². The zero-order valence-electron chi connectivity index (χ0n) is 17.2. The number of amides is 1. The standard InChI is InChI=1S/C20H21ClFN5O4S2/c21-17-11-15(3-6-18(17)22)31-12-19(28)27-9-7-26(8-10-27)14-1-4-16(5-2-14)33(29,30)25-20(32)24-13-23/h1-6,11,13H,7-10,12H2,(H3,23,24,25,32). The van der Waals surface area contributed by atoms with Gasteiger partial charge in [0, 0.05) is 37.9 Å². The molecule has 1 heterocycles. The van der Waals surface area contributed by atoms with Crippen molar-refractivity contribution in [1.82, 2.24) is 9.62 Å². The molecule has 0 saturated carbocycles. The van der Waals surface area contributed by atoms with E-state index in [2.05, 4.69) is 22.3 Å². The lowest BCUT2D eigenvalue weighted by Gasteiger charge is -2.36. The average Bonchev–Trinajstić information content (AvgIpc) is 2.79. The first-order valence-corrected chi connectivity index (χ1v) is 12.0. The SMILES string of the molecule is N=C/N=C(\S)NS(=O)(=O)c1ccc(N2CCN(C(=O)COc3ccc(F)c(Cl)c3)CC2)cc1. The van der Waals surface area contributed by atoms with Crippen LogP contribution < -0.4 is 14.4 Å². The monoisotopic (exact) mass is 513 g/mol. The van der Waals surface area contributed by atoms with Crippen molar-refractivity contribution in [2.75, 3.05) is 37.7 Å². The number of aliphatic imine (C=N–C) groups is 1. The number of benzene rings is 2. The third-order valence-corrected chi connectivity index (χ3v) is 6.83. The molecule has 0 atom stereocenters. The van der Waals surface area contributed by atoms with Gasteiger partial charge < -0.3 is 14.5 Å². The van der Waals surface area contributed by atoms with Gasteiger partial charge >= 0.3 is 0 Å². The highest BCUT2D eigenvalue weighted by atomic mass is 35.5. The van der Waals surface area contributed by atoms with Crippen LogP contribution in [0.5, 0.6) is 5.75 Å². The number of sulfonamides is 1. The van der Waals surface area contributed by atoms with Gasteiger partial charge in [-0.3, -0.25) is 14.9 Å². The Morgan fingerprint density at radius 3 is 2.48 bits per heavy atom. The predicted molar refractivity (Wildman–Crippen MR) is 128 cm³/mol. The quantitative estimate of drug-likeness (QED) is 0.299. The first-order valence-electron chi connectivity index (χ1n) is 9.69. The Labute approximate surface area is 201 Å². The van der Waals surface area contributed by atoms with Gasteiger partial charge in [0.05, 0.1) is 9.92 Å². The molecule has 2 aromatic carbocycles. The molecule has 3 rings (SSSR count). The minimum absolute atomic E-state index is 0.0323. The highest BCUT2D eigenvalue weighted by molar-refractivity contribution is 8.00. The smallest absolute Gasteiger partial charge is 0.263 e. The number of carbonyl (C=O) groups is 1. The summed E-state index contributed by atoms with van der Waals surface area (Å²) in [5.41, 5.74) is 0.817.